The summed E-state index contributed by atoms with van der Waals surface area (Å²) in [5.41, 5.74) is -0.202. The SMILES string of the molecule is CC(C)=CCCC(CO[C@@H]1OC(CO[C@@H]2OC(CO)[C@@H](O)C(O)[C@@H]2O)[C@@H](O)C(O)[C@@H]1O)C1CC[C@@]2(C)C1C(O)CC1[C@@]3(C)CCC(O[C@@H]4OC(CO)[C@@H](O)C(O)[C@@H]4O[C@@H]4OC(CO)[C@@H](O)C(O)[C@@H]4O)C(C)(C)C3CC[C@]12C. The molecule has 4 aliphatic carbocycles. The molecule has 8 rings (SSSR count). The van der Waals surface area contributed by atoms with E-state index in [0.717, 1.165) is 37.7 Å². The van der Waals surface area contributed by atoms with Crippen LogP contribution in [0.3, 0.4) is 0 Å². The fourth-order valence-electron chi connectivity index (χ4n) is 16.2. The first kappa shape index (κ1) is 61.9. The highest BCUT2D eigenvalue weighted by Gasteiger charge is 2.71. The summed E-state index contributed by atoms with van der Waals surface area (Å²) in [5, 5.41) is 161. The average Bonchev–Trinajstić information content (AvgIpc) is 3.86. The quantitative estimate of drug-likeness (QED) is 0.0536. The minimum absolute atomic E-state index is 0.00346. The third-order valence-electron chi connectivity index (χ3n) is 20.8. The van der Waals surface area contributed by atoms with Gasteiger partial charge in [-0.3, -0.25) is 0 Å². The number of rotatable bonds is 17. The van der Waals surface area contributed by atoms with Crippen molar-refractivity contribution in [3.05, 3.63) is 11.6 Å². The zero-order valence-electron chi connectivity index (χ0n) is 45.5. The van der Waals surface area contributed by atoms with Crippen LogP contribution in [-0.2, 0) is 37.9 Å². The van der Waals surface area contributed by atoms with E-state index in [2.05, 4.69) is 40.7 Å². The summed E-state index contributed by atoms with van der Waals surface area (Å²) in [6.45, 7) is 13.0. The van der Waals surface area contributed by atoms with Crippen LogP contribution in [0.1, 0.15) is 106 Å². The van der Waals surface area contributed by atoms with Crippen molar-refractivity contribution in [1.29, 1.82) is 0 Å². The van der Waals surface area contributed by atoms with E-state index in [-0.39, 0.29) is 52.4 Å². The highest BCUT2D eigenvalue weighted by molar-refractivity contribution is 5.19. The van der Waals surface area contributed by atoms with Gasteiger partial charge in [0.25, 0.3) is 0 Å². The normalized spacial score (nSPS) is 52.2. The van der Waals surface area contributed by atoms with Crippen LogP contribution in [0.25, 0.3) is 0 Å². The zero-order valence-corrected chi connectivity index (χ0v) is 45.5. The maximum Gasteiger partial charge on any atom is 0.187 e. The van der Waals surface area contributed by atoms with Gasteiger partial charge >= 0.3 is 0 Å². The Hall–Kier alpha value is -1.18. The third kappa shape index (κ3) is 11.2. The molecule has 0 radical (unpaired) electrons. The highest BCUT2D eigenvalue weighted by Crippen LogP contribution is 2.76. The van der Waals surface area contributed by atoms with Crippen molar-refractivity contribution in [1.82, 2.24) is 0 Å². The number of fused-ring (bicyclic) bond motifs is 5. The Morgan fingerprint density at radius 3 is 1.62 bits per heavy atom. The molecule has 0 aromatic carbocycles. The Kier molecular flexibility index (Phi) is 19.4. The number of hydrogen-bond acceptors (Lipinski definition) is 23. The summed E-state index contributed by atoms with van der Waals surface area (Å²) in [6, 6.07) is 0. The van der Waals surface area contributed by atoms with E-state index in [0.29, 0.717) is 25.7 Å². The summed E-state index contributed by atoms with van der Waals surface area (Å²) in [7, 11) is 0. The molecule has 0 aromatic rings. The fourth-order valence-corrected chi connectivity index (χ4v) is 16.2. The molecule has 8 aliphatic rings. The zero-order chi connectivity index (χ0) is 56.4. The second kappa shape index (κ2) is 24.2. The minimum Gasteiger partial charge on any atom is -0.394 e. The van der Waals surface area contributed by atoms with E-state index >= 15 is 0 Å². The second-order valence-electron chi connectivity index (χ2n) is 25.5. The average molecular weight is 1110 g/mol. The monoisotopic (exact) mass is 1110 g/mol. The molecule has 15 N–H and O–H groups in total. The van der Waals surface area contributed by atoms with Crippen molar-refractivity contribution < 1.29 is 114 Å². The maximum absolute atomic E-state index is 12.7. The molecule has 0 spiro atoms. The number of allylic oxidation sites excluding steroid dienone is 2. The third-order valence-corrected chi connectivity index (χ3v) is 20.8. The van der Waals surface area contributed by atoms with Crippen LogP contribution in [0.2, 0.25) is 0 Å². The summed E-state index contributed by atoms with van der Waals surface area (Å²) in [4.78, 5) is 0. The largest absolute Gasteiger partial charge is 0.394 e. The van der Waals surface area contributed by atoms with Crippen molar-refractivity contribution in [2.75, 3.05) is 33.0 Å². The summed E-state index contributed by atoms with van der Waals surface area (Å²) >= 11 is 0. The first-order valence-corrected chi connectivity index (χ1v) is 28.0. The standard InChI is InChI=1S/C54H92O23/c1-23(2)9-8-10-24(21-70-47-44(68)41(65)38(62)30(75-47)22-71-48-43(67)39(63)35(59)27(18-55)72-48)25-11-15-54(7)34(25)26(58)17-32-52(5)14-13-33(51(3,4)31(52)12-16-53(32,54)6)76-50-46(42(66)37(61)29(20-57)74-50)77-49-45(69)40(64)36(60)28(19-56)73-49/h9,24-50,55-69H,8,10-22H2,1-7H3/t24?,25?,26?,27?,28?,29?,30?,31?,32?,33?,34?,35-,36-,37-,38-,39?,40?,41?,42?,43+,44+,45+,46+,47-,48-,49+,50+,52+,53-,54+/m1/s1. The molecular weight excluding hydrogens is 1020 g/mol. The van der Waals surface area contributed by atoms with Crippen LogP contribution in [-0.4, -0.2) is 245 Å². The van der Waals surface area contributed by atoms with Gasteiger partial charge < -0.3 is 114 Å². The van der Waals surface area contributed by atoms with Gasteiger partial charge in [0.05, 0.1) is 45.2 Å². The topological polar surface area (TPSA) is 377 Å². The van der Waals surface area contributed by atoms with Crippen molar-refractivity contribution in [2.45, 2.75) is 241 Å². The van der Waals surface area contributed by atoms with Crippen LogP contribution in [0.15, 0.2) is 11.6 Å². The molecule has 0 bridgehead atoms. The van der Waals surface area contributed by atoms with E-state index in [9.17, 15) is 76.6 Å². The molecule has 4 heterocycles. The molecule has 4 saturated carbocycles. The lowest BCUT2D eigenvalue weighted by Crippen LogP contribution is -2.67. The first-order chi connectivity index (χ1) is 36.2. The van der Waals surface area contributed by atoms with E-state index in [1.807, 2.05) is 13.8 Å². The number of aliphatic hydroxyl groups excluding tert-OH is 15. The van der Waals surface area contributed by atoms with Gasteiger partial charge in [0.1, 0.15) is 97.7 Å². The van der Waals surface area contributed by atoms with Crippen LogP contribution < -0.4 is 0 Å². The Labute approximate surface area is 450 Å². The van der Waals surface area contributed by atoms with Gasteiger partial charge in [-0.15, -0.1) is 0 Å². The van der Waals surface area contributed by atoms with E-state index < -0.39 is 167 Å². The fraction of sp³-hybridized carbons (Fsp3) is 0.963. The molecule has 30 atom stereocenters. The summed E-state index contributed by atoms with van der Waals surface area (Å²) in [6.07, 6.45) is -23.7. The van der Waals surface area contributed by atoms with Crippen LogP contribution in [0, 0.1) is 51.2 Å². The Bertz CT molecular complexity index is 1960. The summed E-state index contributed by atoms with van der Waals surface area (Å²) < 4.78 is 48.1. The van der Waals surface area contributed by atoms with Gasteiger partial charge in [0.2, 0.25) is 0 Å². The number of hydrogen-bond donors (Lipinski definition) is 15. The van der Waals surface area contributed by atoms with Crippen molar-refractivity contribution in [3.63, 3.8) is 0 Å². The molecule has 8 fully saturated rings. The van der Waals surface area contributed by atoms with Crippen LogP contribution >= 0.6 is 0 Å². The molecule has 0 amide bonds. The van der Waals surface area contributed by atoms with Gasteiger partial charge in [-0.25, -0.2) is 0 Å². The highest BCUT2D eigenvalue weighted by atomic mass is 16.8. The predicted molar refractivity (Wildman–Crippen MR) is 266 cm³/mol. The smallest absolute Gasteiger partial charge is 0.187 e. The molecule has 23 nitrogen and oxygen atoms in total. The van der Waals surface area contributed by atoms with Crippen LogP contribution in [0.5, 0.6) is 0 Å². The molecule has 4 saturated heterocycles. The molecular formula is C54H92O23. The maximum atomic E-state index is 12.7. The molecule has 446 valence electrons. The summed E-state index contributed by atoms with van der Waals surface area (Å²) in [5.74, 6) is -0.0897. The molecule has 23 heteroatoms. The second-order valence-corrected chi connectivity index (χ2v) is 25.5. The van der Waals surface area contributed by atoms with E-state index in [1.54, 1.807) is 0 Å². The van der Waals surface area contributed by atoms with E-state index in [4.69, 9.17) is 37.9 Å². The number of ether oxygens (including phenoxy) is 8. The minimum atomic E-state index is -1.81. The lowest BCUT2D eigenvalue weighted by Gasteiger charge is -2.70. The van der Waals surface area contributed by atoms with Gasteiger partial charge in [-0.05, 0) is 123 Å². The Balaban J connectivity index is 0.971. The Morgan fingerprint density at radius 2 is 1.04 bits per heavy atom. The van der Waals surface area contributed by atoms with Crippen LogP contribution in [0.4, 0.5) is 0 Å². The molecule has 4 aliphatic heterocycles. The van der Waals surface area contributed by atoms with Gasteiger partial charge in [0.15, 0.2) is 25.2 Å². The van der Waals surface area contributed by atoms with Crippen molar-refractivity contribution in [3.8, 4) is 0 Å². The van der Waals surface area contributed by atoms with Gasteiger partial charge in [0, 0.05) is 0 Å². The Morgan fingerprint density at radius 1 is 0.532 bits per heavy atom. The van der Waals surface area contributed by atoms with E-state index in [1.165, 1.54) is 0 Å². The van der Waals surface area contributed by atoms with Crippen molar-refractivity contribution in [2.24, 2.45) is 51.2 Å². The van der Waals surface area contributed by atoms with Gasteiger partial charge in [-0.2, -0.15) is 0 Å². The molecule has 15 unspecified atom stereocenters. The first-order valence-electron chi connectivity index (χ1n) is 28.0. The van der Waals surface area contributed by atoms with Gasteiger partial charge in [-0.1, -0.05) is 46.3 Å². The molecule has 0 aromatic heterocycles. The predicted octanol–water partition coefficient (Wildman–Crippen LogP) is -2.35. The molecule has 77 heavy (non-hydrogen) atoms. The lowest BCUT2D eigenvalue weighted by atomic mass is 9.35. The lowest BCUT2D eigenvalue weighted by molar-refractivity contribution is -0.378. The van der Waals surface area contributed by atoms with Crippen molar-refractivity contribution >= 4 is 0 Å². The number of aliphatic hydroxyl groups is 15.